The summed E-state index contributed by atoms with van der Waals surface area (Å²) >= 11 is 9.54. The van der Waals surface area contributed by atoms with Gasteiger partial charge in [-0.2, -0.15) is 0 Å². The SMILES string of the molecule is NC(=O)[C@H](Cc1cc(Cl)ccc1Br)NC(=O)C1c2ccccc2-c2ccccc21. The summed E-state index contributed by atoms with van der Waals surface area (Å²) < 4.78 is 0.805. The highest BCUT2D eigenvalue weighted by molar-refractivity contribution is 9.10. The van der Waals surface area contributed by atoms with E-state index in [2.05, 4.69) is 21.2 Å². The van der Waals surface area contributed by atoms with E-state index in [-0.39, 0.29) is 12.3 Å². The largest absolute Gasteiger partial charge is 0.368 e. The van der Waals surface area contributed by atoms with Crippen LogP contribution < -0.4 is 11.1 Å². The molecule has 0 saturated heterocycles. The Balaban J connectivity index is 1.64. The maximum Gasteiger partial charge on any atom is 0.240 e. The van der Waals surface area contributed by atoms with Crippen molar-refractivity contribution >= 4 is 39.3 Å². The molecule has 0 aliphatic heterocycles. The summed E-state index contributed by atoms with van der Waals surface area (Å²) in [4.78, 5) is 25.4. The van der Waals surface area contributed by atoms with Gasteiger partial charge in [0.25, 0.3) is 0 Å². The van der Waals surface area contributed by atoms with Crippen LogP contribution in [0.25, 0.3) is 11.1 Å². The monoisotopic (exact) mass is 468 g/mol. The summed E-state index contributed by atoms with van der Waals surface area (Å²) in [5.74, 6) is -1.32. The van der Waals surface area contributed by atoms with Crippen LogP contribution in [0.2, 0.25) is 5.02 Å². The fourth-order valence-corrected chi connectivity index (χ4v) is 4.44. The number of primary amides is 1. The molecule has 0 unspecified atom stereocenters. The molecule has 0 radical (unpaired) electrons. The third kappa shape index (κ3) is 3.80. The van der Waals surface area contributed by atoms with Gasteiger partial charge in [0.15, 0.2) is 0 Å². The number of hydrogen-bond acceptors (Lipinski definition) is 2. The zero-order valence-corrected chi connectivity index (χ0v) is 17.7. The van der Waals surface area contributed by atoms with Gasteiger partial charge in [-0.25, -0.2) is 0 Å². The van der Waals surface area contributed by atoms with Gasteiger partial charge in [-0.05, 0) is 46.0 Å². The van der Waals surface area contributed by atoms with Crippen molar-refractivity contribution in [2.75, 3.05) is 0 Å². The molecule has 1 atom stereocenters. The molecule has 6 heteroatoms. The van der Waals surface area contributed by atoms with Crippen molar-refractivity contribution in [3.63, 3.8) is 0 Å². The van der Waals surface area contributed by atoms with Crippen molar-refractivity contribution < 1.29 is 9.59 Å². The number of rotatable bonds is 5. The second-order valence-electron chi connectivity index (χ2n) is 7.01. The van der Waals surface area contributed by atoms with Gasteiger partial charge in [-0.1, -0.05) is 76.1 Å². The zero-order chi connectivity index (χ0) is 20.5. The van der Waals surface area contributed by atoms with Gasteiger partial charge in [0.05, 0.1) is 5.92 Å². The molecule has 146 valence electrons. The lowest BCUT2D eigenvalue weighted by Crippen LogP contribution is -2.47. The van der Waals surface area contributed by atoms with Gasteiger partial charge >= 0.3 is 0 Å². The molecule has 2 amide bonds. The average molecular weight is 470 g/mol. The minimum absolute atomic E-state index is 0.246. The van der Waals surface area contributed by atoms with Gasteiger partial charge in [-0.3, -0.25) is 9.59 Å². The summed E-state index contributed by atoms with van der Waals surface area (Å²) in [5, 5.41) is 3.41. The van der Waals surface area contributed by atoms with Crippen molar-refractivity contribution in [3.05, 3.63) is 92.9 Å². The third-order valence-corrected chi connectivity index (χ3v) is 6.20. The Bertz CT molecular complexity index is 1070. The molecule has 3 N–H and O–H groups in total. The first-order chi connectivity index (χ1) is 14.0. The van der Waals surface area contributed by atoms with Gasteiger partial charge in [0, 0.05) is 15.9 Å². The van der Waals surface area contributed by atoms with Gasteiger partial charge in [0.2, 0.25) is 11.8 Å². The maximum absolute atomic E-state index is 13.3. The minimum Gasteiger partial charge on any atom is -0.368 e. The number of nitrogens with one attached hydrogen (secondary N) is 1. The lowest BCUT2D eigenvalue weighted by atomic mass is 9.95. The van der Waals surface area contributed by atoms with Crippen LogP contribution in [0.4, 0.5) is 0 Å². The van der Waals surface area contributed by atoms with E-state index in [1.54, 1.807) is 18.2 Å². The van der Waals surface area contributed by atoms with E-state index in [9.17, 15) is 9.59 Å². The Morgan fingerprint density at radius 1 is 1.00 bits per heavy atom. The van der Waals surface area contributed by atoms with Gasteiger partial charge < -0.3 is 11.1 Å². The van der Waals surface area contributed by atoms with E-state index in [0.717, 1.165) is 32.3 Å². The summed E-state index contributed by atoms with van der Waals surface area (Å²) in [6, 6.07) is 20.1. The molecule has 0 bridgehead atoms. The Morgan fingerprint density at radius 2 is 1.59 bits per heavy atom. The van der Waals surface area contributed by atoms with Crippen LogP contribution in [0, 0.1) is 0 Å². The van der Waals surface area contributed by atoms with E-state index < -0.39 is 17.9 Å². The number of nitrogens with two attached hydrogens (primary N) is 1. The number of benzene rings is 3. The van der Waals surface area contributed by atoms with Gasteiger partial charge in [0.1, 0.15) is 6.04 Å². The number of hydrogen-bond donors (Lipinski definition) is 2. The highest BCUT2D eigenvalue weighted by atomic mass is 79.9. The molecular formula is C23H18BrClN2O2. The minimum atomic E-state index is -0.850. The fraction of sp³-hybridized carbons (Fsp3) is 0.130. The molecule has 3 aromatic rings. The molecule has 0 saturated carbocycles. The highest BCUT2D eigenvalue weighted by Crippen LogP contribution is 2.44. The van der Waals surface area contributed by atoms with Crippen molar-refractivity contribution in [2.24, 2.45) is 5.73 Å². The van der Waals surface area contributed by atoms with E-state index >= 15 is 0 Å². The van der Waals surface area contributed by atoms with Crippen molar-refractivity contribution in [1.82, 2.24) is 5.32 Å². The molecule has 3 aromatic carbocycles. The Labute approximate surface area is 182 Å². The lowest BCUT2D eigenvalue weighted by Gasteiger charge is -2.20. The van der Waals surface area contributed by atoms with E-state index in [4.69, 9.17) is 17.3 Å². The van der Waals surface area contributed by atoms with E-state index in [1.807, 2.05) is 48.5 Å². The molecule has 4 rings (SSSR count). The first-order valence-corrected chi connectivity index (χ1v) is 10.3. The standard InChI is InChI=1S/C23H18BrClN2O2/c24-19-10-9-14(25)11-13(19)12-20(22(26)28)27-23(29)21-17-7-3-1-5-15(17)16-6-2-4-8-18(16)21/h1-11,20-21H,12H2,(H2,26,28)(H,27,29)/t20-/m0/s1. The second kappa shape index (κ2) is 8.01. The first-order valence-electron chi connectivity index (χ1n) is 9.17. The molecule has 1 aliphatic carbocycles. The molecule has 0 spiro atoms. The van der Waals surface area contributed by atoms with Crippen LogP contribution in [-0.2, 0) is 16.0 Å². The van der Waals surface area contributed by atoms with E-state index in [0.29, 0.717) is 5.02 Å². The predicted molar refractivity (Wildman–Crippen MR) is 118 cm³/mol. The molecule has 1 aliphatic rings. The third-order valence-electron chi connectivity index (χ3n) is 5.19. The van der Waals surface area contributed by atoms with Crippen molar-refractivity contribution in [2.45, 2.75) is 18.4 Å². The van der Waals surface area contributed by atoms with Crippen molar-refractivity contribution in [3.8, 4) is 11.1 Å². The quantitative estimate of drug-likeness (QED) is 0.580. The van der Waals surface area contributed by atoms with Crippen molar-refractivity contribution in [1.29, 1.82) is 0 Å². The number of amides is 2. The summed E-state index contributed by atoms with van der Waals surface area (Å²) in [6.07, 6.45) is 0.248. The predicted octanol–water partition coefficient (Wildman–Crippen LogP) is 4.43. The fourth-order valence-electron chi connectivity index (χ4n) is 3.84. The Kier molecular flexibility index (Phi) is 5.43. The molecular weight excluding hydrogens is 452 g/mol. The maximum atomic E-state index is 13.3. The van der Waals surface area contributed by atoms with E-state index in [1.165, 1.54) is 0 Å². The molecule has 0 fully saturated rings. The molecule has 0 aromatic heterocycles. The second-order valence-corrected chi connectivity index (χ2v) is 8.30. The number of carbonyl (C=O) groups is 2. The normalized spacial score (nSPS) is 13.4. The van der Waals surface area contributed by atoms with Crippen LogP contribution >= 0.6 is 27.5 Å². The molecule has 29 heavy (non-hydrogen) atoms. The number of fused-ring (bicyclic) bond motifs is 3. The van der Waals surface area contributed by atoms with Crippen LogP contribution in [0.15, 0.2) is 71.2 Å². The Hall–Kier alpha value is -2.63. The van der Waals surface area contributed by atoms with Crippen LogP contribution in [0.5, 0.6) is 0 Å². The summed E-state index contributed by atoms with van der Waals surface area (Å²) in [6.45, 7) is 0. The van der Waals surface area contributed by atoms with Gasteiger partial charge in [-0.15, -0.1) is 0 Å². The zero-order valence-electron chi connectivity index (χ0n) is 15.4. The van der Waals surface area contributed by atoms with Crippen LogP contribution in [-0.4, -0.2) is 17.9 Å². The summed E-state index contributed by atoms with van der Waals surface area (Å²) in [7, 11) is 0. The smallest absolute Gasteiger partial charge is 0.240 e. The average Bonchev–Trinajstić information content (AvgIpc) is 3.04. The highest BCUT2D eigenvalue weighted by Gasteiger charge is 2.35. The van der Waals surface area contributed by atoms with Crippen LogP contribution in [0.3, 0.4) is 0 Å². The number of carbonyl (C=O) groups excluding carboxylic acids is 2. The summed E-state index contributed by atoms with van der Waals surface area (Å²) in [5.41, 5.74) is 10.3. The lowest BCUT2D eigenvalue weighted by molar-refractivity contribution is -0.127. The molecule has 4 nitrogen and oxygen atoms in total. The topological polar surface area (TPSA) is 72.2 Å². The Morgan fingerprint density at radius 3 is 2.17 bits per heavy atom. The first kappa shape index (κ1) is 19.7. The molecule has 0 heterocycles. The van der Waals surface area contributed by atoms with Crippen LogP contribution in [0.1, 0.15) is 22.6 Å². The number of halogens is 2.